The number of hydrogen-bond donors (Lipinski definition) is 4. The number of hydrogen-bond acceptors (Lipinski definition) is 2. The first-order valence-electron chi connectivity index (χ1n) is 8.85. The Morgan fingerprint density at radius 3 is 1.75 bits per heavy atom. The summed E-state index contributed by atoms with van der Waals surface area (Å²) in [6.45, 7) is 4.71. The lowest BCUT2D eigenvalue weighted by molar-refractivity contribution is -1.02. The smallest absolute Gasteiger partial charge is 0.139 e. The molecule has 1 atom stereocenters. The molecule has 1 aliphatic rings. The fraction of sp³-hybridized carbons (Fsp3) is 0.400. The lowest BCUT2D eigenvalue weighted by atomic mass is 9.96. The molecule has 1 fully saturated rings. The SMILES string of the molecule is OC[C@@H](O)C[NH+]1CC[NH+](C(c2ccccc2)c2ccccc2)CC1. The minimum atomic E-state index is -0.597. The third kappa shape index (κ3) is 4.22. The van der Waals surface area contributed by atoms with Gasteiger partial charge in [-0.1, -0.05) is 60.7 Å². The highest BCUT2D eigenvalue weighted by Crippen LogP contribution is 2.18. The van der Waals surface area contributed by atoms with E-state index in [0.717, 1.165) is 26.2 Å². The molecule has 1 aliphatic heterocycles. The van der Waals surface area contributed by atoms with Crippen molar-refractivity contribution in [1.82, 2.24) is 0 Å². The topological polar surface area (TPSA) is 49.3 Å². The van der Waals surface area contributed by atoms with E-state index in [1.807, 2.05) is 0 Å². The highest BCUT2D eigenvalue weighted by atomic mass is 16.3. The molecule has 0 unspecified atom stereocenters. The Balaban J connectivity index is 1.74. The Kier molecular flexibility index (Phi) is 5.99. The van der Waals surface area contributed by atoms with Crippen LogP contribution in [0.15, 0.2) is 60.7 Å². The van der Waals surface area contributed by atoms with Crippen molar-refractivity contribution >= 4 is 0 Å². The van der Waals surface area contributed by atoms with Crippen LogP contribution < -0.4 is 9.80 Å². The molecule has 1 saturated heterocycles. The number of quaternary nitrogens is 2. The van der Waals surface area contributed by atoms with Gasteiger partial charge in [-0.3, -0.25) is 0 Å². The molecular weight excluding hydrogens is 300 g/mol. The van der Waals surface area contributed by atoms with Crippen molar-refractivity contribution in [2.24, 2.45) is 0 Å². The van der Waals surface area contributed by atoms with Gasteiger partial charge in [0, 0.05) is 11.1 Å². The summed E-state index contributed by atoms with van der Waals surface area (Å²) in [6.07, 6.45) is -0.597. The maximum absolute atomic E-state index is 9.66. The molecule has 4 N–H and O–H groups in total. The largest absolute Gasteiger partial charge is 0.393 e. The van der Waals surface area contributed by atoms with Gasteiger partial charge >= 0.3 is 0 Å². The van der Waals surface area contributed by atoms with Gasteiger partial charge in [0.15, 0.2) is 0 Å². The fourth-order valence-electron chi connectivity index (χ4n) is 3.77. The van der Waals surface area contributed by atoms with E-state index >= 15 is 0 Å². The first-order chi connectivity index (χ1) is 11.8. The van der Waals surface area contributed by atoms with Crippen LogP contribution in [0, 0.1) is 0 Å². The van der Waals surface area contributed by atoms with Crippen molar-refractivity contribution in [2.45, 2.75) is 12.1 Å². The average Bonchev–Trinajstić information content (AvgIpc) is 2.65. The molecule has 0 aliphatic carbocycles. The Bertz CT molecular complexity index is 558. The number of piperazine rings is 1. The van der Waals surface area contributed by atoms with Gasteiger partial charge in [-0.15, -0.1) is 0 Å². The Morgan fingerprint density at radius 2 is 1.29 bits per heavy atom. The molecule has 3 rings (SSSR count). The molecule has 1 heterocycles. The summed E-state index contributed by atoms with van der Waals surface area (Å²) in [4.78, 5) is 2.97. The Morgan fingerprint density at radius 1 is 0.792 bits per heavy atom. The normalized spacial score (nSPS) is 22.5. The monoisotopic (exact) mass is 328 g/mol. The van der Waals surface area contributed by atoms with Crippen LogP contribution in [0.5, 0.6) is 0 Å². The number of rotatable bonds is 6. The maximum Gasteiger partial charge on any atom is 0.139 e. The summed E-state index contributed by atoms with van der Waals surface area (Å²) in [5, 5.41) is 18.7. The van der Waals surface area contributed by atoms with Gasteiger partial charge < -0.3 is 20.0 Å². The molecule has 24 heavy (non-hydrogen) atoms. The first kappa shape index (κ1) is 17.1. The van der Waals surface area contributed by atoms with E-state index in [4.69, 9.17) is 5.11 Å². The highest BCUT2D eigenvalue weighted by Gasteiger charge is 2.32. The molecule has 0 spiro atoms. The number of benzene rings is 2. The van der Waals surface area contributed by atoms with E-state index in [1.165, 1.54) is 16.0 Å². The molecule has 0 bridgehead atoms. The zero-order valence-corrected chi connectivity index (χ0v) is 14.1. The van der Waals surface area contributed by atoms with Gasteiger partial charge in [0.25, 0.3) is 0 Å². The van der Waals surface area contributed by atoms with E-state index in [0.29, 0.717) is 12.6 Å². The quantitative estimate of drug-likeness (QED) is 0.545. The predicted molar refractivity (Wildman–Crippen MR) is 94.1 cm³/mol. The zero-order valence-electron chi connectivity index (χ0n) is 14.1. The second-order valence-electron chi connectivity index (χ2n) is 6.70. The van der Waals surface area contributed by atoms with Gasteiger partial charge in [0.1, 0.15) is 44.9 Å². The van der Waals surface area contributed by atoms with Crippen LogP contribution >= 0.6 is 0 Å². The van der Waals surface area contributed by atoms with Gasteiger partial charge in [-0.05, 0) is 0 Å². The van der Waals surface area contributed by atoms with Crippen LogP contribution in [-0.2, 0) is 0 Å². The third-order valence-electron chi connectivity index (χ3n) is 5.01. The van der Waals surface area contributed by atoms with Gasteiger partial charge in [-0.2, -0.15) is 0 Å². The van der Waals surface area contributed by atoms with Crippen molar-refractivity contribution in [2.75, 3.05) is 39.3 Å². The van der Waals surface area contributed by atoms with E-state index in [9.17, 15) is 5.11 Å². The molecule has 4 heteroatoms. The maximum atomic E-state index is 9.66. The molecule has 0 amide bonds. The Hall–Kier alpha value is -1.72. The summed E-state index contributed by atoms with van der Waals surface area (Å²) < 4.78 is 0. The minimum Gasteiger partial charge on any atom is -0.393 e. The van der Waals surface area contributed by atoms with Crippen molar-refractivity contribution in [3.8, 4) is 0 Å². The lowest BCUT2D eigenvalue weighted by Crippen LogP contribution is -3.28. The molecule has 2 aromatic rings. The number of nitrogens with one attached hydrogen (secondary N) is 2. The molecule has 0 saturated carbocycles. The predicted octanol–water partition coefficient (Wildman–Crippen LogP) is -1.09. The van der Waals surface area contributed by atoms with E-state index in [1.54, 1.807) is 4.90 Å². The second-order valence-corrected chi connectivity index (χ2v) is 6.70. The summed E-state index contributed by atoms with van der Waals surface area (Å²) in [5.41, 5.74) is 2.72. The van der Waals surface area contributed by atoms with Gasteiger partial charge in [-0.25, -0.2) is 0 Å². The number of aliphatic hydroxyl groups excluding tert-OH is 2. The van der Waals surface area contributed by atoms with E-state index in [2.05, 4.69) is 60.7 Å². The van der Waals surface area contributed by atoms with Crippen molar-refractivity contribution < 1.29 is 20.0 Å². The van der Waals surface area contributed by atoms with E-state index in [-0.39, 0.29) is 6.61 Å². The van der Waals surface area contributed by atoms with Crippen LogP contribution in [0.1, 0.15) is 17.2 Å². The first-order valence-corrected chi connectivity index (χ1v) is 8.85. The van der Waals surface area contributed by atoms with Gasteiger partial charge in [0.2, 0.25) is 0 Å². The third-order valence-corrected chi connectivity index (χ3v) is 5.01. The average molecular weight is 328 g/mol. The van der Waals surface area contributed by atoms with Crippen LogP contribution in [0.25, 0.3) is 0 Å². The van der Waals surface area contributed by atoms with Crippen LogP contribution in [-0.4, -0.2) is 55.6 Å². The van der Waals surface area contributed by atoms with Gasteiger partial charge in [0.05, 0.1) is 6.61 Å². The summed E-state index contributed by atoms with van der Waals surface area (Å²) in [6, 6.07) is 21.8. The van der Waals surface area contributed by atoms with Crippen molar-refractivity contribution in [3.05, 3.63) is 71.8 Å². The second kappa shape index (κ2) is 8.40. The van der Waals surface area contributed by atoms with Crippen LogP contribution in [0.4, 0.5) is 0 Å². The molecule has 128 valence electrons. The summed E-state index contributed by atoms with van der Waals surface area (Å²) in [7, 11) is 0. The lowest BCUT2D eigenvalue weighted by Gasteiger charge is -2.35. The molecule has 4 nitrogen and oxygen atoms in total. The van der Waals surface area contributed by atoms with Crippen LogP contribution in [0.2, 0.25) is 0 Å². The van der Waals surface area contributed by atoms with Crippen molar-refractivity contribution in [3.63, 3.8) is 0 Å². The Labute approximate surface area is 144 Å². The van der Waals surface area contributed by atoms with E-state index < -0.39 is 6.10 Å². The summed E-state index contributed by atoms with van der Waals surface area (Å²) >= 11 is 0. The molecular formula is C20H28N2O2+2. The van der Waals surface area contributed by atoms with Crippen LogP contribution in [0.3, 0.4) is 0 Å². The molecule has 0 radical (unpaired) electrons. The summed E-state index contributed by atoms with van der Waals surface area (Å²) in [5.74, 6) is 0. The molecule has 2 aromatic carbocycles. The van der Waals surface area contributed by atoms with Crippen molar-refractivity contribution in [1.29, 1.82) is 0 Å². The standard InChI is InChI=1S/C20H26N2O2/c23-16-19(24)15-21-11-13-22(14-12-21)20(17-7-3-1-4-8-17)18-9-5-2-6-10-18/h1-10,19-20,23-24H,11-16H2/p+2/t19-/m0/s1. The highest BCUT2D eigenvalue weighted by molar-refractivity contribution is 5.29. The molecule has 0 aromatic heterocycles. The fourth-order valence-corrected chi connectivity index (χ4v) is 3.77. The minimum absolute atomic E-state index is 0.142. The number of aliphatic hydroxyl groups is 2. The zero-order chi connectivity index (χ0) is 16.8.